The van der Waals surface area contributed by atoms with Gasteiger partial charge in [-0.1, -0.05) is 24.6 Å². The summed E-state index contributed by atoms with van der Waals surface area (Å²) >= 11 is 1.87. The van der Waals surface area contributed by atoms with Gasteiger partial charge in [-0.05, 0) is 43.6 Å². The molecule has 1 N–H and O–H groups in total. The van der Waals surface area contributed by atoms with Gasteiger partial charge in [0.15, 0.2) is 0 Å². The highest BCUT2D eigenvalue weighted by Crippen LogP contribution is 2.25. The van der Waals surface area contributed by atoms with Crippen molar-refractivity contribution in [3.05, 3.63) is 29.3 Å². The van der Waals surface area contributed by atoms with E-state index in [0.29, 0.717) is 0 Å². The fourth-order valence-corrected chi connectivity index (χ4v) is 2.62. The van der Waals surface area contributed by atoms with Gasteiger partial charge < -0.3 is 5.11 Å². The minimum atomic E-state index is -0.708. The number of rotatable bonds is 7. The molecule has 94 valence electrons. The Morgan fingerprint density at radius 1 is 1.41 bits per heavy atom. The molecule has 0 aliphatic carbocycles. The SMILES string of the molecule is CCCSc1ccc(C)cc1CCCC(=O)O. The van der Waals surface area contributed by atoms with E-state index < -0.39 is 5.97 Å². The Bertz CT molecular complexity index is 374. The van der Waals surface area contributed by atoms with Crippen LogP contribution in [0, 0.1) is 6.92 Å². The summed E-state index contributed by atoms with van der Waals surface area (Å²) in [6.45, 7) is 4.25. The first kappa shape index (κ1) is 14.1. The maximum absolute atomic E-state index is 10.5. The van der Waals surface area contributed by atoms with Gasteiger partial charge in [0.25, 0.3) is 0 Å². The predicted molar refractivity (Wildman–Crippen MR) is 72.8 cm³/mol. The van der Waals surface area contributed by atoms with Crippen molar-refractivity contribution in [1.82, 2.24) is 0 Å². The summed E-state index contributed by atoms with van der Waals surface area (Å²) < 4.78 is 0. The molecule has 0 aromatic heterocycles. The monoisotopic (exact) mass is 252 g/mol. The summed E-state index contributed by atoms with van der Waals surface area (Å²) in [6, 6.07) is 6.46. The minimum absolute atomic E-state index is 0.256. The van der Waals surface area contributed by atoms with E-state index >= 15 is 0 Å². The zero-order valence-corrected chi connectivity index (χ0v) is 11.3. The van der Waals surface area contributed by atoms with E-state index in [1.165, 1.54) is 16.0 Å². The number of hydrogen-bond donors (Lipinski definition) is 1. The lowest BCUT2D eigenvalue weighted by Gasteiger charge is -2.09. The van der Waals surface area contributed by atoms with Crippen LogP contribution in [0.25, 0.3) is 0 Å². The van der Waals surface area contributed by atoms with Crippen molar-refractivity contribution in [2.75, 3.05) is 5.75 Å². The topological polar surface area (TPSA) is 37.3 Å². The number of carboxylic acid groups (broad SMARTS) is 1. The van der Waals surface area contributed by atoms with Crippen molar-refractivity contribution in [2.24, 2.45) is 0 Å². The van der Waals surface area contributed by atoms with Crippen LogP contribution in [-0.2, 0) is 11.2 Å². The van der Waals surface area contributed by atoms with Crippen LogP contribution in [0.3, 0.4) is 0 Å². The maximum Gasteiger partial charge on any atom is 0.303 e. The Morgan fingerprint density at radius 2 is 2.18 bits per heavy atom. The Hall–Kier alpha value is -0.960. The Balaban J connectivity index is 2.65. The second-order valence-electron chi connectivity index (χ2n) is 4.21. The third kappa shape index (κ3) is 5.26. The van der Waals surface area contributed by atoms with E-state index in [4.69, 9.17) is 5.11 Å². The number of carbonyl (C=O) groups is 1. The first-order valence-corrected chi connectivity index (χ1v) is 7.06. The molecule has 0 spiro atoms. The number of aliphatic carboxylic acids is 1. The standard InChI is InChI=1S/C14H20O2S/c1-3-9-17-13-8-7-11(2)10-12(13)5-4-6-14(15)16/h7-8,10H,3-6,9H2,1-2H3,(H,15,16). The van der Waals surface area contributed by atoms with Gasteiger partial charge in [0.05, 0.1) is 0 Å². The Labute approximate surface area is 107 Å². The summed E-state index contributed by atoms with van der Waals surface area (Å²) in [4.78, 5) is 11.8. The van der Waals surface area contributed by atoms with Crippen LogP contribution in [-0.4, -0.2) is 16.8 Å². The Kier molecular flexibility index (Phi) is 6.12. The van der Waals surface area contributed by atoms with Crippen LogP contribution in [0.2, 0.25) is 0 Å². The number of thioether (sulfide) groups is 1. The fourth-order valence-electron chi connectivity index (χ4n) is 1.69. The molecular weight excluding hydrogens is 232 g/mol. The molecule has 0 unspecified atom stereocenters. The van der Waals surface area contributed by atoms with Crippen LogP contribution in [0.1, 0.15) is 37.3 Å². The van der Waals surface area contributed by atoms with Crippen molar-refractivity contribution in [3.63, 3.8) is 0 Å². The van der Waals surface area contributed by atoms with Crippen LogP contribution in [0.15, 0.2) is 23.1 Å². The van der Waals surface area contributed by atoms with Crippen LogP contribution in [0.5, 0.6) is 0 Å². The minimum Gasteiger partial charge on any atom is -0.481 e. The molecule has 0 heterocycles. The van der Waals surface area contributed by atoms with Gasteiger partial charge in [-0.25, -0.2) is 0 Å². The molecule has 1 aromatic rings. The average molecular weight is 252 g/mol. The molecule has 2 nitrogen and oxygen atoms in total. The van der Waals surface area contributed by atoms with E-state index in [0.717, 1.165) is 25.0 Å². The number of aryl methyl sites for hydroxylation is 2. The molecule has 0 atom stereocenters. The molecule has 0 amide bonds. The van der Waals surface area contributed by atoms with Crippen LogP contribution < -0.4 is 0 Å². The molecule has 0 radical (unpaired) electrons. The first-order chi connectivity index (χ1) is 8.13. The van der Waals surface area contributed by atoms with Crippen LogP contribution >= 0.6 is 11.8 Å². The predicted octanol–water partition coefficient (Wildman–Crippen LogP) is 3.90. The van der Waals surface area contributed by atoms with Gasteiger partial charge in [0.1, 0.15) is 0 Å². The highest BCUT2D eigenvalue weighted by atomic mass is 32.2. The van der Waals surface area contributed by atoms with E-state index in [1.807, 2.05) is 11.8 Å². The molecule has 0 fully saturated rings. The molecule has 0 aliphatic heterocycles. The maximum atomic E-state index is 10.5. The van der Waals surface area contributed by atoms with E-state index in [1.54, 1.807) is 0 Å². The summed E-state index contributed by atoms with van der Waals surface area (Å²) in [6.07, 6.45) is 3.00. The van der Waals surface area contributed by atoms with Gasteiger partial charge in [0, 0.05) is 11.3 Å². The lowest BCUT2D eigenvalue weighted by molar-refractivity contribution is -0.137. The van der Waals surface area contributed by atoms with Crippen molar-refractivity contribution in [1.29, 1.82) is 0 Å². The highest BCUT2D eigenvalue weighted by molar-refractivity contribution is 7.99. The highest BCUT2D eigenvalue weighted by Gasteiger charge is 2.05. The first-order valence-electron chi connectivity index (χ1n) is 6.07. The summed E-state index contributed by atoms with van der Waals surface area (Å²) in [5, 5.41) is 8.65. The molecular formula is C14H20O2S. The summed E-state index contributed by atoms with van der Waals surface area (Å²) in [7, 11) is 0. The van der Waals surface area contributed by atoms with Crippen molar-refractivity contribution in [3.8, 4) is 0 Å². The summed E-state index contributed by atoms with van der Waals surface area (Å²) in [5.41, 5.74) is 2.54. The largest absolute Gasteiger partial charge is 0.481 e. The van der Waals surface area contributed by atoms with Gasteiger partial charge in [0.2, 0.25) is 0 Å². The second-order valence-corrected chi connectivity index (χ2v) is 5.34. The quantitative estimate of drug-likeness (QED) is 0.748. The van der Waals surface area contributed by atoms with Gasteiger partial charge in [-0.3, -0.25) is 4.79 Å². The van der Waals surface area contributed by atoms with E-state index in [9.17, 15) is 4.79 Å². The number of benzene rings is 1. The average Bonchev–Trinajstić information content (AvgIpc) is 2.27. The fraction of sp³-hybridized carbons (Fsp3) is 0.500. The third-order valence-electron chi connectivity index (χ3n) is 2.51. The molecule has 0 saturated heterocycles. The van der Waals surface area contributed by atoms with E-state index in [2.05, 4.69) is 32.0 Å². The molecule has 0 bridgehead atoms. The number of hydrogen-bond acceptors (Lipinski definition) is 2. The van der Waals surface area contributed by atoms with Crippen molar-refractivity contribution < 1.29 is 9.90 Å². The molecule has 0 aliphatic rings. The molecule has 17 heavy (non-hydrogen) atoms. The lowest BCUT2D eigenvalue weighted by Crippen LogP contribution is -1.97. The van der Waals surface area contributed by atoms with Gasteiger partial charge in [-0.2, -0.15) is 0 Å². The molecule has 3 heteroatoms. The summed E-state index contributed by atoms with van der Waals surface area (Å²) in [5.74, 6) is 0.412. The van der Waals surface area contributed by atoms with Crippen molar-refractivity contribution in [2.45, 2.75) is 44.4 Å². The zero-order chi connectivity index (χ0) is 12.7. The second kappa shape index (κ2) is 7.38. The molecule has 1 aromatic carbocycles. The number of carboxylic acids is 1. The molecule has 0 saturated carbocycles. The van der Waals surface area contributed by atoms with E-state index in [-0.39, 0.29) is 6.42 Å². The third-order valence-corrected chi connectivity index (χ3v) is 3.84. The normalized spacial score (nSPS) is 10.5. The Morgan fingerprint density at radius 3 is 2.82 bits per heavy atom. The van der Waals surface area contributed by atoms with Gasteiger partial charge >= 0.3 is 5.97 Å². The van der Waals surface area contributed by atoms with Gasteiger partial charge in [-0.15, -0.1) is 11.8 Å². The smallest absolute Gasteiger partial charge is 0.303 e. The molecule has 1 rings (SSSR count). The lowest BCUT2D eigenvalue weighted by atomic mass is 10.1. The van der Waals surface area contributed by atoms with Crippen LogP contribution in [0.4, 0.5) is 0 Å². The zero-order valence-electron chi connectivity index (χ0n) is 10.5. The van der Waals surface area contributed by atoms with Crippen molar-refractivity contribution >= 4 is 17.7 Å².